The number of rotatable bonds is 5. The smallest absolute Gasteiger partial charge is 0.410 e. The van der Waals surface area contributed by atoms with Gasteiger partial charge in [0.1, 0.15) is 5.60 Å². The SMILES string of the molecule is C[C@@H](OCCC1CCN(C(=O)OC(C)(C)C)CC1)c1ccc[nH]1. The van der Waals surface area contributed by atoms with E-state index in [1.54, 1.807) is 0 Å². The van der Waals surface area contributed by atoms with Gasteiger partial charge in [-0.05, 0) is 65.0 Å². The zero-order valence-electron chi connectivity index (χ0n) is 14.8. The summed E-state index contributed by atoms with van der Waals surface area (Å²) in [6.07, 6.45) is 4.94. The lowest BCUT2D eigenvalue weighted by Crippen LogP contribution is -2.41. The molecule has 5 heteroatoms. The Balaban J connectivity index is 1.64. The number of likely N-dealkylation sites (tertiary alicyclic amines) is 1. The van der Waals surface area contributed by atoms with Gasteiger partial charge in [0.25, 0.3) is 0 Å². The van der Waals surface area contributed by atoms with Crippen LogP contribution in [0.3, 0.4) is 0 Å². The zero-order valence-corrected chi connectivity index (χ0v) is 14.8. The van der Waals surface area contributed by atoms with Crippen LogP contribution in [-0.4, -0.2) is 41.3 Å². The number of aromatic nitrogens is 1. The first kappa shape index (κ1) is 17.9. The molecule has 0 aromatic carbocycles. The fraction of sp³-hybridized carbons (Fsp3) is 0.722. The molecule has 23 heavy (non-hydrogen) atoms. The number of hydrogen-bond acceptors (Lipinski definition) is 3. The summed E-state index contributed by atoms with van der Waals surface area (Å²) in [6, 6.07) is 4.03. The molecule has 1 fully saturated rings. The van der Waals surface area contributed by atoms with Crippen molar-refractivity contribution in [1.82, 2.24) is 9.88 Å². The molecule has 1 aliphatic heterocycles. The molecule has 1 atom stereocenters. The van der Waals surface area contributed by atoms with E-state index in [-0.39, 0.29) is 12.2 Å². The molecule has 0 spiro atoms. The van der Waals surface area contributed by atoms with E-state index in [2.05, 4.69) is 11.9 Å². The number of piperidine rings is 1. The number of ether oxygens (including phenoxy) is 2. The van der Waals surface area contributed by atoms with Gasteiger partial charge in [-0.25, -0.2) is 4.79 Å². The Hall–Kier alpha value is -1.49. The highest BCUT2D eigenvalue weighted by Gasteiger charge is 2.26. The summed E-state index contributed by atoms with van der Waals surface area (Å²) in [5.74, 6) is 0.629. The first-order valence-electron chi connectivity index (χ1n) is 8.58. The van der Waals surface area contributed by atoms with E-state index in [9.17, 15) is 4.79 Å². The van der Waals surface area contributed by atoms with Crippen LogP contribution in [0.1, 0.15) is 58.8 Å². The van der Waals surface area contributed by atoms with Crippen molar-refractivity contribution < 1.29 is 14.3 Å². The van der Waals surface area contributed by atoms with Gasteiger partial charge in [0.05, 0.1) is 6.10 Å². The third-order valence-corrected chi connectivity index (χ3v) is 4.22. The Morgan fingerprint density at radius 1 is 1.39 bits per heavy atom. The van der Waals surface area contributed by atoms with Crippen molar-refractivity contribution in [3.8, 4) is 0 Å². The number of hydrogen-bond donors (Lipinski definition) is 1. The van der Waals surface area contributed by atoms with Gasteiger partial charge in [-0.3, -0.25) is 0 Å². The molecule has 0 saturated carbocycles. The van der Waals surface area contributed by atoms with Crippen LogP contribution in [-0.2, 0) is 9.47 Å². The number of carbonyl (C=O) groups is 1. The molecule has 0 aliphatic carbocycles. The lowest BCUT2D eigenvalue weighted by molar-refractivity contribution is 0.0143. The van der Waals surface area contributed by atoms with Crippen LogP contribution in [0.2, 0.25) is 0 Å². The maximum Gasteiger partial charge on any atom is 0.410 e. The largest absolute Gasteiger partial charge is 0.444 e. The summed E-state index contributed by atoms with van der Waals surface area (Å²) in [5.41, 5.74) is 0.695. The Morgan fingerprint density at radius 3 is 2.65 bits per heavy atom. The van der Waals surface area contributed by atoms with Crippen LogP contribution in [0.5, 0.6) is 0 Å². The number of H-pyrrole nitrogens is 1. The average Bonchev–Trinajstić information content (AvgIpc) is 3.00. The van der Waals surface area contributed by atoms with Gasteiger partial charge in [0, 0.05) is 31.6 Å². The van der Waals surface area contributed by atoms with Gasteiger partial charge in [-0.1, -0.05) is 0 Å². The van der Waals surface area contributed by atoms with Crippen molar-refractivity contribution in [3.05, 3.63) is 24.0 Å². The fourth-order valence-electron chi connectivity index (χ4n) is 2.83. The van der Waals surface area contributed by atoms with Crippen LogP contribution >= 0.6 is 0 Å². The lowest BCUT2D eigenvalue weighted by atomic mass is 9.94. The second-order valence-corrected chi connectivity index (χ2v) is 7.34. The Labute approximate surface area is 139 Å². The van der Waals surface area contributed by atoms with Gasteiger partial charge in [0.2, 0.25) is 0 Å². The molecule has 0 radical (unpaired) electrons. The van der Waals surface area contributed by atoms with E-state index in [1.807, 2.05) is 44.0 Å². The van der Waals surface area contributed by atoms with Crippen molar-refractivity contribution in [2.75, 3.05) is 19.7 Å². The van der Waals surface area contributed by atoms with Crippen molar-refractivity contribution in [2.24, 2.45) is 5.92 Å². The first-order chi connectivity index (χ1) is 10.8. The van der Waals surface area contributed by atoms with Crippen LogP contribution in [0.4, 0.5) is 4.79 Å². The Kier molecular flexibility index (Phi) is 6.10. The van der Waals surface area contributed by atoms with Crippen LogP contribution in [0.15, 0.2) is 18.3 Å². The third-order valence-electron chi connectivity index (χ3n) is 4.22. The molecule has 0 bridgehead atoms. The lowest BCUT2D eigenvalue weighted by Gasteiger charge is -2.33. The van der Waals surface area contributed by atoms with Gasteiger partial charge in [-0.2, -0.15) is 0 Å². The van der Waals surface area contributed by atoms with Crippen molar-refractivity contribution in [3.63, 3.8) is 0 Å². The normalized spacial score (nSPS) is 18.0. The average molecular weight is 322 g/mol. The minimum atomic E-state index is -0.421. The van der Waals surface area contributed by atoms with E-state index in [1.165, 1.54) is 0 Å². The molecule has 1 aromatic heterocycles. The molecule has 1 amide bonds. The summed E-state index contributed by atoms with van der Waals surface area (Å²) in [7, 11) is 0. The van der Waals surface area contributed by atoms with Gasteiger partial charge in [-0.15, -0.1) is 0 Å². The predicted octanol–water partition coefficient (Wildman–Crippen LogP) is 4.13. The maximum atomic E-state index is 12.0. The van der Waals surface area contributed by atoms with Crippen molar-refractivity contribution >= 4 is 6.09 Å². The number of nitrogens with one attached hydrogen (secondary N) is 1. The van der Waals surface area contributed by atoms with Gasteiger partial charge >= 0.3 is 6.09 Å². The molecule has 2 heterocycles. The molecule has 0 unspecified atom stereocenters. The molecular formula is C18H30N2O3. The molecule has 5 nitrogen and oxygen atoms in total. The van der Waals surface area contributed by atoms with Gasteiger partial charge in [0.15, 0.2) is 0 Å². The molecule has 1 aromatic rings. The van der Waals surface area contributed by atoms with E-state index in [0.717, 1.165) is 44.7 Å². The minimum Gasteiger partial charge on any atom is -0.444 e. The third kappa shape index (κ3) is 5.90. The summed E-state index contributed by atoms with van der Waals surface area (Å²) in [4.78, 5) is 17.0. The molecule has 1 saturated heterocycles. The Bertz CT molecular complexity index is 471. The molecule has 1 N–H and O–H groups in total. The first-order valence-corrected chi connectivity index (χ1v) is 8.58. The van der Waals surface area contributed by atoms with E-state index in [4.69, 9.17) is 9.47 Å². The molecule has 130 valence electrons. The van der Waals surface area contributed by atoms with Crippen molar-refractivity contribution in [2.45, 2.75) is 58.7 Å². The second kappa shape index (κ2) is 7.86. The monoisotopic (exact) mass is 322 g/mol. The number of carbonyl (C=O) groups excluding carboxylic acids is 1. The highest BCUT2D eigenvalue weighted by molar-refractivity contribution is 5.68. The molecule has 1 aliphatic rings. The van der Waals surface area contributed by atoms with Crippen molar-refractivity contribution in [1.29, 1.82) is 0 Å². The van der Waals surface area contributed by atoms with Crippen LogP contribution in [0.25, 0.3) is 0 Å². The van der Waals surface area contributed by atoms with Crippen LogP contribution in [0, 0.1) is 5.92 Å². The minimum absolute atomic E-state index is 0.104. The van der Waals surface area contributed by atoms with Gasteiger partial charge < -0.3 is 19.4 Å². The zero-order chi connectivity index (χ0) is 16.9. The summed E-state index contributed by atoms with van der Waals surface area (Å²) in [5, 5.41) is 0. The summed E-state index contributed by atoms with van der Waals surface area (Å²) in [6.45, 7) is 10.1. The maximum absolute atomic E-state index is 12.0. The molecule has 2 rings (SSSR count). The van der Waals surface area contributed by atoms with Crippen LogP contribution < -0.4 is 0 Å². The van der Waals surface area contributed by atoms with E-state index < -0.39 is 5.60 Å². The summed E-state index contributed by atoms with van der Waals surface area (Å²) < 4.78 is 11.3. The Morgan fingerprint density at radius 2 is 2.09 bits per heavy atom. The number of amides is 1. The standard InChI is InChI=1S/C18H30N2O3/c1-14(16-6-5-10-19-16)22-13-9-15-7-11-20(12-8-15)17(21)23-18(2,3)4/h5-6,10,14-15,19H,7-9,11-13H2,1-4H3/t14-/m1/s1. The van der Waals surface area contributed by atoms with E-state index >= 15 is 0 Å². The topological polar surface area (TPSA) is 54.6 Å². The highest BCUT2D eigenvalue weighted by atomic mass is 16.6. The fourth-order valence-corrected chi connectivity index (χ4v) is 2.83. The highest BCUT2D eigenvalue weighted by Crippen LogP contribution is 2.23. The number of aromatic amines is 1. The molecular weight excluding hydrogens is 292 g/mol. The summed E-state index contributed by atoms with van der Waals surface area (Å²) >= 11 is 0. The second-order valence-electron chi connectivity index (χ2n) is 7.34. The number of nitrogens with zero attached hydrogens (tertiary/aromatic N) is 1. The van der Waals surface area contributed by atoms with E-state index in [0.29, 0.717) is 5.92 Å². The quantitative estimate of drug-likeness (QED) is 0.887. The predicted molar refractivity (Wildman–Crippen MR) is 90.3 cm³/mol.